The molecule has 0 fully saturated rings. The lowest BCUT2D eigenvalue weighted by molar-refractivity contribution is -0.144. The molecule has 0 saturated heterocycles. The Morgan fingerprint density at radius 3 is 2.65 bits per heavy atom. The van der Waals surface area contributed by atoms with Gasteiger partial charge < -0.3 is 30.1 Å². The molecule has 0 bridgehead atoms. The van der Waals surface area contributed by atoms with Crippen molar-refractivity contribution in [3.05, 3.63) is 54.1 Å². The lowest BCUT2D eigenvalue weighted by Gasteiger charge is -2.28. The molecule has 9 heteroatoms. The maximum Gasteiger partial charge on any atom is 0.325 e. The Hall–Kier alpha value is -3.59. The fraction of sp³-hybridized carbons (Fsp3) is 0.400. The summed E-state index contributed by atoms with van der Waals surface area (Å²) in [6, 6.07) is 14.5. The molecular weight excluding hydrogens is 436 g/mol. The predicted molar refractivity (Wildman–Crippen MR) is 130 cm³/mol. The zero-order valence-electron chi connectivity index (χ0n) is 19.6. The summed E-state index contributed by atoms with van der Waals surface area (Å²) in [5, 5.41) is 9.37. The van der Waals surface area contributed by atoms with Gasteiger partial charge in [-0.05, 0) is 30.5 Å². The van der Waals surface area contributed by atoms with Crippen LogP contribution in [0.1, 0.15) is 25.8 Å². The molecule has 0 atom stereocenters. The van der Waals surface area contributed by atoms with Crippen LogP contribution in [0.2, 0.25) is 0 Å². The molecule has 182 valence electrons. The molecule has 0 aliphatic carbocycles. The van der Waals surface area contributed by atoms with Crippen LogP contribution in [-0.4, -0.2) is 60.8 Å². The topological polar surface area (TPSA) is 118 Å². The number of ether oxygens (including phenoxy) is 2. The van der Waals surface area contributed by atoms with Crippen LogP contribution in [-0.2, 0) is 20.9 Å². The van der Waals surface area contributed by atoms with Gasteiger partial charge in [0, 0.05) is 24.3 Å². The molecule has 0 radical (unpaired) electrons. The van der Waals surface area contributed by atoms with Crippen molar-refractivity contribution in [3.8, 4) is 5.75 Å². The van der Waals surface area contributed by atoms with Gasteiger partial charge in [-0.3, -0.25) is 9.59 Å². The van der Waals surface area contributed by atoms with Crippen LogP contribution in [0.25, 0.3) is 0 Å². The van der Waals surface area contributed by atoms with Crippen molar-refractivity contribution in [2.75, 3.05) is 37.8 Å². The number of aliphatic hydroxyl groups excluding tert-OH is 1. The summed E-state index contributed by atoms with van der Waals surface area (Å²) >= 11 is 0. The normalized spacial score (nSPS) is 12.7. The van der Waals surface area contributed by atoms with E-state index in [9.17, 15) is 14.7 Å². The number of amides is 1. The molecule has 3 N–H and O–H groups in total. The van der Waals surface area contributed by atoms with Crippen LogP contribution in [0.3, 0.4) is 0 Å². The van der Waals surface area contributed by atoms with E-state index < -0.39 is 0 Å². The Labute approximate surface area is 199 Å². The average molecular weight is 469 g/mol. The molecule has 0 saturated carbocycles. The number of nitrogens with two attached hydrogens (primary N) is 1. The Bertz CT molecular complexity index is 1010. The summed E-state index contributed by atoms with van der Waals surface area (Å²) in [6.07, 6.45) is 0.803. The maximum atomic E-state index is 12.8. The van der Waals surface area contributed by atoms with Crippen LogP contribution in [0.15, 0.2) is 53.5 Å². The van der Waals surface area contributed by atoms with E-state index in [-0.39, 0.29) is 44.1 Å². The van der Waals surface area contributed by atoms with Crippen molar-refractivity contribution in [2.45, 2.75) is 26.8 Å². The van der Waals surface area contributed by atoms with Gasteiger partial charge in [-0.1, -0.05) is 44.2 Å². The smallest absolute Gasteiger partial charge is 0.325 e. The first-order chi connectivity index (χ1) is 16.4. The highest BCUT2D eigenvalue weighted by molar-refractivity contribution is 5.94. The van der Waals surface area contributed by atoms with Gasteiger partial charge in [-0.25, -0.2) is 4.99 Å². The van der Waals surface area contributed by atoms with Gasteiger partial charge in [0.2, 0.25) is 0 Å². The van der Waals surface area contributed by atoms with E-state index in [0.717, 1.165) is 12.0 Å². The van der Waals surface area contributed by atoms with Crippen LogP contribution in [0.5, 0.6) is 5.75 Å². The number of carbonyl (C=O) groups is 2. The fourth-order valence-corrected chi connectivity index (χ4v) is 3.48. The minimum absolute atomic E-state index is 0.00361. The molecule has 1 aliphatic heterocycles. The number of hydrogen-bond acceptors (Lipinski definition) is 8. The Morgan fingerprint density at radius 1 is 1.18 bits per heavy atom. The zero-order valence-corrected chi connectivity index (χ0v) is 19.6. The minimum atomic E-state index is -0.356. The number of anilines is 1. The predicted octanol–water partition coefficient (Wildman–Crippen LogP) is 2.44. The highest BCUT2D eigenvalue weighted by atomic mass is 16.5. The van der Waals surface area contributed by atoms with Gasteiger partial charge in [-0.2, -0.15) is 0 Å². The van der Waals surface area contributed by atoms with Crippen molar-refractivity contribution < 1.29 is 24.2 Å². The molecule has 1 aliphatic rings. The third-order valence-electron chi connectivity index (χ3n) is 5.32. The fourth-order valence-electron chi connectivity index (χ4n) is 3.48. The van der Waals surface area contributed by atoms with Crippen LogP contribution in [0, 0.1) is 5.92 Å². The molecule has 0 spiro atoms. The number of para-hydroxylation sites is 2. The summed E-state index contributed by atoms with van der Waals surface area (Å²) in [5.41, 5.74) is 8.15. The first-order valence-electron chi connectivity index (χ1n) is 11.3. The second kappa shape index (κ2) is 12.0. The number of benzene rings is 2. The molecule has 0 aromatic heterocycles. The highest BCUT2D eigenvalue weighted by Crippen LogP contribution is 2.35. The van der Waals surface area contributed by atoms with E-state index in [4.69, 9.17) is 15.2 Å². The van der Waals surface area contributed by atoms with Gasteiger partial charge in [0.15, 0.2) is 12.6 Å². The summed E-state index contributed by atoms with van der Waals surface area (Å²) in [7, 11) is 0. The largest absolute Gasteiger partial charge is 0.481 e. The standard InChI is InChI=1S/C25H32N4O5/c1-18(2)11-14-33-23(32)16-28-15-19-7-6-10-21(24(19)27-25(28)26)34-17-22(31)29(12-13-30)20-8-4-3-5-9-20/h3-10,18,30H,11-17H2,1-2H3,(H2,26,27). The molecule has 3 rings (SSSR count). The van der Waals surface area contributed by atoms with E-state index in [1.165, 1.54) is 4.90 Å². The third kappa shape index (κ3) is 6.71. The molecule has 34 heavy (non-hydrogen) atoms. The number of carbonyl (C=O) groups excluding carboxylic acids is 2. The summed E-state index contributed by atoms with van der Waals surface area (Å²) in [4.78, 5) is 32.5. The van der Waals surface area contributed by atoms with Gasteiger partial charge in [0.25, 0.3) is 5.91 Å². The number of aliphatic imine (C=N–C) groups is 1. The first kappa shape index (κ1) is 25.0. The third-order valence-corrected chi connectivity index (χ3v) is 5.32. The van der Waals surface area contributed by atoms with Gasteiger partial charge in [-0.15, -0.1) is 0 Å². The lowest BCUT2D eigenvalue weighted by atomic mass is 10.1. The lowest BCUT2D eigenvalue weighted by Crippen LogP contribution is -2.42. The summed E-state index contributed by atoms with van der Waals surface area (Å²) < 4.78 is 11.1. The number of hydrogen-bond donors (Lipinski definition) is 2. The van der Waals surface area contributed by atoms with Crippen LogP contribution >= 0.6 is 0 Å². The highest BCUT2D eigenvalue weighted by Gasteiger charge is 2.24. The van der Waals surface area contributed by atoms with E-state index in [2.05, 4.69) is 18.8 Å². The van der Waals surface area contributed by atoms with E-state index in [0.29, 0.717) is 36.2 Å². The number of rotatable bonds is 11. The second-order valence-electron chi connectivity index (χ2n) is 8.39. The van der Waals surface area contributed by atoms with Crippen LogP contribution in [0.4, 0.5) is 11.4 Å². The van der Waals surface area contributed by atoms with Gasteiger partial charge in [0.05, 0.1) is 13.2 Å². The van der Waals surface area contributed by atoms with E-state index >= 15 is 0 Å². The first-order valence-corrected chi connectivity index (χ1v) is 11.3. The summed E-state index contributed by atoms with van der Waals surface area (Å²) in [5.74, 6) is 0.406. The Morgan fingerprint density at radius 2 is 1.94 bits per heavy atom. The number of esters is 1. The van der Waals surface area contributed by atoms with Crippen molar-refractivity contribution in [1.29, 1.82) is 0 Å². The van der Waals surface area contributed by atoms with Crippen molar-refractivity contribution in [2.24, 2.45) is 16.6 Å². The summed E-state index contributed by atoms with van der Waals surface area (Å²) in [6.45, 7) is 4.65. The molecule has 2 aromatic carbocycles. The van der Waals surface area contributed by atoms with E-state index in [1.54, 1.807) is 29.2 Å². The Kier molecular flexibility index (Phi) is 8.86. The van der Waals surface area contributed by atoms with Crippen molar-refractivity contribution in [1.82, 2.24) is 4.90 Å². The molecular formula is C25H32N4O5. The zero-order chi connectivity index (χ0) is 24.5. The average Bonchev–Trinajstić information content (AvgIpc) is 2.82. The van der Waals surface area contributed by atoms with Crippen molar-refractivity contribution in [3.63, 3.8) is 0 Å². The molecule has 0 unspecified atom stereocenters. The van der Waals surface area contributed by atoms with E-state index in [1.807, 2.05) is 24.3 Å². The van der Waals surface area contributed by atoms with Gasteiger partial charge >= 0.3 is 5.97 Å². The molecule has 1 heterocycles. The number of fused-ring (bicyclic) bond motifs is 1. The van der Waals surface area contributed by atoms with Crippen LogP contribution < -0.4 is 15.4 Å². The Balaban J connectivity index is 1.65. The number of guanidine groups is 1. The number of nitrogens with zero attached hydrogens (tertiary/aromatic N) is 3. The monoisotopic (exact) mass is 468 g/mol. The second-order valence-corrected chi connectivity index (χ2v) is 8.39. The molecule has 9 nitrogen and oxygen atoms in total. The molecule has 1 amide bonds. The molecule has 2 aromatic rings. The van der Waals surface area contributed by atoms with Crippen molar-refractivity contribution >= 4 is 29.2 Å². The quantitative estimate of drug-likeness (QED) is 0.486. The SMILES string of the molecule is CC(C)CCOC(=O)CN1Cc2cccc(OCC(=O)N(CCO)c3ccccc3)c2N=C1N. The van der Waals surface area contributed by atoms with Gasteiger partial charge in [0.1, 0.15) is 18.0 Å². The number of aliphatic hydroxyl groups is 1. The maximum absolute atomic E-state index is 12.8. The minimum Gasteiger partial charge on any atom is -0.481 e.